The number of aromatic hydroxyl groups is 1. The SMILES string of the molecule is CCC(c1cccs1)c1c(O)cc(C(Cc2ccc(Cl)cc2)CC2CC2)oc1=O. The molecule has 0 bridgehead atoms. The molecule has 0 amide bonds. The summed E-state index contributed by atoms with van der Waals surface area (Å²) in [6, 6.07) is 13.4. The molecule has 2 aromatic heterocycles. The van der Waals surface area contributed by atoms with E-state index in [1.54, 1.807) is 17.4 Å². The normalized spacial score (nSPS) is 15.9. The molecule has 1 fully saturated rings. The van der Waals surface area contributed by atoms with Gasteiger partial charge >= 0.3 is 5.63 Å². The molecule has 1 aromatic carbocycles. The van der Waals surface area contributed by atoms with Crippen molar-refractivity contribution in [1.82, 2.24) is 0 Å². The van der Waals surface area contributed by atoms with E-state index in [9.17, 15) is 9.90 Å². The van der Waals surface area contributed by atoms with E-state index < -0.39 is 5.63 Å². The van der Waals surface area contributed by atoms with E-state index in [4.69, 9.17) is 16.0 Å². The van der Waals surface area contributed by atoms with Gasteiger partial charge in [0.1, 0.15) is 11.5 Å². The molecule has 2 heterocycles. The molecule has 2 atom stereocenters. The van der Waals surface area contributed by atoms with E-state index >= 15 is 0 Å². The van der Waals surface area contributed by atoms with Crippen LogP contribution in [0.2, 0.25) is 5.02 Å². The Morgan fingerprint density at radius 2 is 2.00 bits per heavy atom. The van der Waals surface area contributed by atoms with Crippen LogP contribution in [0, 0.1) is 5.92 Å². The van der Waals surface area contributed by atoms with Crippen molar-refractivity contribution >= 4 is 22.9 Å². The van der Waals surface area contributed by atoms with Crippen LogP contribution in [0.15, 0.2) is 57.1 Å². The van der Waals surface area contributed by atoms with Gasteiger partial charge in [-0.1, -0.05) is 49.6 Å². The first-order valence-electron chi connectivity index (χ1n) is 10.2. The van der Waals surface area contributed by atoms with Crippen LogP contribution < -0.4 is 5.63 Å². The molecule has 1 N–H and O–H groups in total. The van der Waals surface area contributed by atoms with Crippen LogP contribution in [0.1, 0.15) is 66.2 Å². The molecule has 3 nitrogen and oxygen atoms in total. The third-order valence-corrected chi connectivity index (χ3v) is 6.98. The Bertz CT molecular complexity index is 1000. The van der Waals surface area contributed by atoms with Crippen LogP contribution in [-0.2, 0) is 6.42 Å². The summed E-state index contributed by atoms with van der Waals surface area (Å²) in [5.41, 5.74) is 1.10. The quantitative estimate of drug-likeness (QED) is 0.432. The van der Waals surface area contributed by atoms with Gasteiger partial charge in [0.25, 0.3) is 0 Å². The zero-order valence-electron chi connectivity index (χ0n) is 16.4. The Labute approximate surface area is 180 Å². The second kappa shape index (κ2) is 8.76. The third kappa shape index (κ3) is 4.76. The predicted octanol–water partition coefficient (Wildman–Crippen LogP) is 6.73. The monoisotopic (exact) mass is 428 g/mol. The summed E-state index contributed by atoms with van der Waals surface area (Å²) in [6.07, 6.45) is 4.90. The first-order valence-corrected chi connectivity index (χ1v) is 11.5. The molecule has 0 spiro atoms. The molecular weight excluding hydrogens is 404 g/mol. The molecule has 152 valence electrons. The average molecular weight is 429 g/mol. The van der Waals surface area contributed by atoms with Gasteiger partial charge in [0.05, 0.1) is 5.56 Å². The summed E-state index contributed by atoms with van der Waals surface area (Å²) in [7, 11) is 0. The summed E-state index contributed by atoms with van der Waals surface area (Å²) in [5, 5.41) is 13.5. The highest BCUT2D eigenvalue weighted by atomic mass is 35.5. The first kappa shape index (κ1) is 20.2. The van der Waals surface area contributed by atoms with Crippen LogP contribution >= 0.6 is 22.9 Å². The highest BCUT2D eigenvalue weighted by molar-refractivity contribution is 7.10. The van der Waals surface area contributed by atoms with Crippen molar-refractivity contribution in [2.24, 2.45) is 5.92 Å². The second-order valence-electron chi connectivity index (χ2n) is 7.92. The summed E-state index contributed by atoms with van der Waals surface area (Å²) >= 11 is 7.61. The summed E-state index contributed by atoms with van der Waals surface area (Å²) in [6.45, 7) is 2.02. The lowest BCUT2D eigenvalue weighted by atomic mass is 9.90. The number of benzene rings is 1. The van der Waals surface area contributed by atoms with E-state index in [1.807, 2.05) is 48.7 Å². The number of hydrogen-bond donors (Lipinski definition) is 1. The van der Waals surface area contributed by atoms with E-state index in [0.29, 0.717) is 22.3 Å². The lowest BCUT2D eigenvalue weighted by Crippen LogP contribution is -2.16. The lowest BCUT2D eigenvalue weighted by molar-refractivity contribution is 0.372. The van der Waals surface area contributed by atoms with Crippen molar-refractivity contribution in [1.29, 1.82) is 0 Å². The highest BCUT2D eigenvalue weighted by Gasteiger charge is 2.30. The van der Waals surface area contributed by atoms with E-state index in [0.717, 1.165) is 29.7 Å². The Kier molecular flexibility index (Phi) is 6.12. The van der Waals surface area contributed by atoms with Crippen molar-refractivity contribution < 1.29 is 9.52 Å². The average Bonchev–Trinajstić information content (AvgIpc) is 3.35. The number of halogens is 1. The van der Waals surface area contributed by atoms with Gasteiger partial charge in [-0.25, -0.2) is 4.79 Å². The summed E-state index contributed by atoms with van der Waals surface area (Å²) in [5.74, 6) is 1.23. The molecule has 1 aliphatic rings. The molecular formula is C24H25ClO3S. The molecule has 3 aromatic rings. The summed E-state index contributed by atoms with van der Waals surface area (Å²) in [4.78, 5) is 14.0. The van der Waals surface area contributed by atoms with Crippen molar-refractivity contribution in [3.05, 3.63) is 85.1 Å². The molecule has 0 aliphatic heterocycles. The fraction of sp³-hybridized carbons (Fsp3) is 0.375. The molecule has 1 aliphatic carbocycles. The van der Waals surface area contributed by atoms with E-state index in [-0.39, 0.29) is 17.6 Å². The Hall–Kier alpha value is -2.04. The van der Waals surface area contributed by atoms with Crippen LogP contribution in [0.5, 0.6) is 5.75 Å². The molecule has 0 radical (unpaired) electrons. The molecule has 0 saturated heterocycles. The first-order chi connectivity index (χ1) is 14.0. The maximum Gasteiger partial charge on any atom is 0.343 e. The number of hydrogen-bond acceptors (Lipinski definition) is 4. The third-order valence-electron chi connectivity index (χ3n) is 5.74. The molecule has 2 unspecified atom stereocenters. The Morgan fingerprint density at radius 1 is 1.24 bits per heavy atom. The predicted molar refractivity (Wildman–Crippen MR) is 118 cm³/mol. The lowest BCUT2D eigenvalue weighted by Gasteiger charge is -2.19. The molecule has 29 heavy (non-hydrogen) atoms. The minimum absolute atomic E-state index is 0.0494. The van der Waals surface area contributed by atoms with Crippen molar-refractivity contribution in [2.75, 3.05) is 0 Å². The van der Waals surface area contributed by atoms with Gasteiger partial charge in [-0.05, 0) is 54.3 Å². The highest BCUT2D eigenvalue weighted by Crippen LogP contribution is 2.41. The minimum Gasteiger partial charge on any atom is -0.507 e. The maximum atomic E-state index is 12.9. The van der Waals surface area contributed by atoms with Crippen LogP contribution in [0.25, 0.3) is 0 Å². The van der Waals surface area contributed by atoms with Gasteiger partial charge in [0.2, 0.25) is 0 Å². The Balaban J connectivity index is 1.66. The molecule has 4 rings (SSSR count). The zero-order valence-corrected chi connectivity index (χ0v) is 18.0. The maximum absolute atomic E-state index is 12.9. The summed E-state index contributed by atoms with van der Waals surface area (Å²) < 4.78 is 5.82. The van der Waals surface area contributed by atoms with Gasteiger partial charge in [-0.15, -0.1) is 11.3 Å². The van der Waals surface area contributed by atoms with Gasteiger partial charge < -0.3 is 9.52 Å². The van der Waals surface area contributed by atoms with Gasteiger partial charge in [-0.2, -0.15) is 0 Å². The smallest absolute Gasteiger partial charge is 0.343 e. The van der Waals surface area contributed by atoms with Crippen LogP contribution in [0.3, 0.4) is 0 Å². The van der Waals surface area contributed by atoms with Crippen LogP contribution in [-0.4, -0.2) is 5.11 Å². The van der Waals surface area contributed by atoms with Crippen molar-refractivity contribution in [2.45, 2.75) is 50.9 Å². The fourth-order valence-corrected chi connectivity index (χ4v) is 5.07. The van der Waals surface area contributed by atoms with Gasteiger partial charge in [0.15, 0.2) is 0 Å². The number of thiophene rings is 1. The largest absolute Gasteiger partial charge is 0.507 e. The fourth-order valence-electron chi connectivity index (χ4n) is 4.03. The van der Waals surface area contributed by atoms with E-state index in [1.165, 1.54) is 12.8 Å². The number of rotatable bonds is 8. The van der Waals surface area contributed by atoms with Gasteiger partial charge in [0, 0.05) is 27.8 Å². The standard InChI is InChI=1S/C24H25ClO3S/c1-2-19(22-4-3-11-29-22)23-20(26)14-21(28-24(23)27)17(12-15-5-6-15)13-16-7-9-18(25)10-8-16/h3-4,7-11,14-15,17,19,26H,2,5-6,12-13H2,1H3. The zero-order chi connectivity index (χ0) is 20.4. The molecule has 5 heteroatoms. The molecule has 1 saturated carbocycles. The van der Waals surface area contributed by atoms with E-state index in [2.05, 4.69) is 0 Å². The van der Waals surface area contributed by atoms with Gasteiger partial charge in [-0.3, -0.25) is 0 Å². The van der Waals surface area contributed by atoms with Crippen molar-refractivity contribution in [3.8, 4) is 5.75 Å². The second-order valence-corrected chi connectivity index (χ2v) is 9.33. The van der Waals surface area contributed by atoms with Crippen molar-refractivity contribution in [3.63, 3.8) is 0 Å². The van der Waals surface area contributed by atoms with Crippen LogP contribution in [0.4, 0.5) is 0 Å². The minimum atomic E-state index is -0.419. The Morgan fingerprint density at radius 3 is 2.59 bits per heavy atom. The topological polar surface area (TPSA) is 50.4 Å².